The number of aromatic nitrogens is 3. The summed E-state index contributed by atoms with van der Waals surface area (Å²) in [6.45, 7) is 1.61. The Morgan fingerprint density at radius 3 is 2.26 bits per heavy atom. The summed E-state index contributed by atoms with van der Waals surface area (Å²) in [6.07, 6.45) is 9.56. The Balaban J connectivity index is 1.37. The van der Waals surface area contributed by atoms with Crippen LogP contribution < -0.4 is 5.32 Å². The Morgan fingerprint density at radius 1 is 0.829 bits per heavy atom. The number of hydrogen-bond donors (Lipinski definition) is 1. The van der Waals surface area contributed by atoms with Gasteiger partial charge in [0.2, 0.25) is 0 Å². The van der Waals surface area contributed by atoms with Gasteiger partial charge in [0.25, 0.3) is 11.8 Å². The van der Waals surface area contributed by atoms with E-state index in [0.29, 0.717) is 22.5 Å². The van der Waals surface area contributed by atoms with Gasteiger partial charge < -0.3 is 10.2 Å². The Labute approximate surface area is 204 Å². The van der Waals surface area contributed by atoms with Crippen LogP contribution in [0.15, 0.2) is 85.3 Å². The van der Waals surface area contributed by atoms with Crippen molar-refractivity contribution in [1.82, 2.24) is 19.7 Å². The molecule has 2 amide bonds. The molecule has 0 atom stereocenters. The molecule has 5 rings (SSSR count). The third kappa shape index (κ3) is 5.14. The predicted molar refractivity (Wildman–Crippen MR) is 136 cm³/mol. The highest BCUT2D eigenvalue weighted by atomic mass is 16.2. The predicted octanol–water partition coefficient (Wildman–Crippen LogP) is 5.20. The molecule has 0 spiro atoms. The standard InChI is InChI=1S/C28H27N5O2/c34-27(30-23-14-12-21(13-15-23)28(35)32-17-6-1-2-7-18-32)25-20-33(24-10-4-3-5-11-24)31-26(25)22-9-8-16-29-19-22/h3-5,8-16,19-20H,1-2,6-7,17-18H2,(H,30,34). The molecular formula is C28H27N5O2. The number of para-hydroxylation sites is 1. The van der Waals surface area contributed by atoms with Crippen molar-refractivity contribution in [2.75, 3.05) is 18.4 Å². The van der Waals surface area contributed by atoms with E-state index in [0.717, 1.165) is 37.2 Å². The van der Waals surface area contributed by atoms with Crippen LogP contribution in [-0.2, 0) is 0 Å². The number of carbonyl (C=O) groups excluding carboxylic acids is 2. The summed E-state index contributed by atoms with van der Waals surface area (Å²) in [6, 6.07) is 20.4. The van der Waals surface area contributed by atoms with E-state index in [1.54, 1.807) is 47.5 Å². The van der Waals surface area contributed by atoms with Crippen molar-refractivity contribution in [3.8, 4) is 16.9 Å². The molecule has 0 aliphatic carbocycles. The van der Waals surface area contributed by atoms with Crippen molar-refractivity contribution in [3.63, 3.8) is 0 Å². The number of hydrogen-bond acceptors (Lipinski definition) is 4. The molecule has 4 aromatic rings. The summed E-state index contributed by atoms with van der Waals surface area (Å²) in [7, 11) is 0. The number of nitrogens with one attached hydrogen (secondary N) is 1. The molecule has 2 aromatic heterocycles. The van der Waals surface area contributed by atoms with Crippen LogP contribution >= 0.6 is 0 Å². The van der Waals surface area contributed by atoms with Gasteiger partial charge in [-0.15, -0.1) is 0 Å². The second kappa shape index (κ2) is 10.3. The first-order chi connectivity index (χ1) is 17.2. The highest BCUT2D eigenvalue weighted by molar-refractivity contribution is 6.08. The minimum atomic E-state index is -0.280. The maximum atomic E-state index is 13.3. The molecule has 0 saturated carbocycles. The Hall–Kier alpha value is -4.26. The molecule has 35 heavy (non-hydrogen) atoms. The summed E-state index contributed by atoms with van der Waals surface area (Å²) >= 11 is 0. The van der Waals surface area contributed by atoms with E-state index in [-0.39, 0.29) is 11.8 Å². The number of carbonyl (C=O) groups is 2. The summed E-state index contributed by atoms with van der Waals surface area (Å²) < 4.78 is 1.69. The molecule has 176 valence electrons. The molecule has 0 unspecified atom stereocenters. The summed E-state index contributed by atoms with van der Waals surface area (Å²) in [5.74, 6) is -0.231. The van der Waals surface area contributed by atoms with Gasteiger partial charge in [-0.1, -0.05) is 31.0 Å². The molecule has 0 radical (unpaired) electrons. The van der Waals surface area contributed by atoms with E-state index >= 15 is 0 Å². The van der Waals surface area contributed by atoms with Crippen molar-refractivity contribution < 1.29 is 9.59 Å². The van der Waals surface area contributed by atoms with Crippen LogP contribution in [0.1, 0.15) is 46.4 Å². The topological polar surface area (TPSA) is 80.1 Å². The summed E-state index contributed by atoms with van der Waals surface area (Å²) in [4.78, 5) is 32.3. The third-order valence-corrected chi connectivity index (χ3v) is 6.20. The summed E-state index contributed by atoms with van der Waals surface area (Å²) in [5.41, 5.74) is 3.85. The van der Waals surface area contributed by atoms with Crippen LogP contribution in [0.2, 0.25) is 0 Å². The van der Waals surface area contributed by atoms with Crippen molar-refractivity contribution in [2.24, 2.45) is 0 Å². The number of amides is 2. The lowest BCUT2D eigenvalue weighted by Crippen LogP contribution is -2.31. The highest BCUT2D eigenvalue weighted by Crippen LogP contribution is 2.24. The number of anilines is 1. The number of likely N-dealkylation sites (tertiary alicyclic amines) is 1. The fourth-order valence-corrected chi connectivity index (χ4v) is 4.32. The maximum Gasteiger partial charge on any atom is 0.259 e. The van der Waals surface area contributed by atoms with Crippen LogP contribution in [-0.4, -0.2) is 44.6 Å². The third-order valence-electron chi connectivity index (χ3n) is 6.20. The Kier molecular flexibility index (Phi) is 6.66. The fraction of sp³-hybridized carbons (Fsp3) is 0.214. The quantitative estimate of drug-likeness (QED) is 0.439. The van der Waals surface area contributed by atoms with Crippen molar-refractivity contribution in [3.05, 3.63) is 96.4 Å². The van der Waals surface area contributed by atoms with Crippen LogP contribution in [0.25, 0.3) is 16.9 Å². The molecule has 1 aliphatic heterocycles. The molecule has 1 aliphatic rings. The minimum Gasteiger partial charge on any atom is -0.339 e. The monoisotopic (exact) mass is 465 g/mol. The average Bonchev–Trinajstić information content (AvgIpc) is 3.18. The first kappa shape index (κ1) is 22.5. The van der Waals surface area contributed by atoms with Gasteiger partial charge in [0.15, 0.2) is 0 Å². The SMILES string of the molecule is O=C(Nc1ccc(C(=O)N2CCCCCC2)cc1)c1cn(-c2ccccc2)nc1-c1cccnc1. The molecule has 1 fully saturated rings. The maximum absolute atomic E-state index is 13.3. The van der Waals surface area contributed by atoms with Crippen LogP contribution in [0.4, 0.5) is 5.69 Å². The van der Waals surface area contributed by atoms with Crippen LogP contribution in [0.5, 0.6) is 0 Å². The van der Waals surface area contributed by atoms with Gasteiger partial charge >= 0.3 is 0 Å². The van der Waals surface area contributed by atoms with Crippen molar-refractivity contribution >= 4 is 17.5 Å². The molecule has 7 heteroatoms. The Bertz CT molecular complexity index is 1290. The lowest BCUT2D eigenvalue weighted by Gasteiger charge is -2.20. The second-order valence-corrected chi connectivity index (χ2v) is 8.65. The van der Waals surface area contributed by atoms with Gasteiger partial charge in [-0.05, 0) is 61.4 Å². The van der Waals surface area contributed by atoms with Gasteiger partial charge in [0, 0.05) is 48.5 Å². The number of rotatable bonds is 5. The number of pyridine rings is 1. The Morgan fingerprint density at radius 2 is 1.57 bits per heavy atom. The zero-order chi connectivity index (χ0) is 24.0. The summed E-state index contributed by atoms with van der Waals surface area (Å²) in [5, 5.41) is 7.63. The number of nitrogens with zero attached hydrogens (tertiary/aromatic N) is 4. The van der Waals surface area contributed by atoms with E-state index in [1.807, 2.05) is 47.4 Å². The zero-order valence-electron chi connectivity index (χ0n) is 19.4. The molecule has 3 heterocycles. The molecule has 2 aromatic carbocycles. The first-order valence-corrected chi connectivity index (χ1v) is 12.0. The van der Waals surface area contributed by atoms with Gasteiger partial charge in [-0.3, -0.25) is 14.6 Å². The fourth-order valence-electron chi connectivity index (χ4n) is 4.32. The van der Waals surface area contributed by atoms with Gasteiger partial charge in [0.1, 0.15) is 5.69 Å². The lowest BCUT2D eigenvalue weighted by atomic mass is 10.1. The van der Waals surface area contributed by atoms with E-state index in [2.05, 4.69) is 15.4 Å². The number of benzene rings is 2. The molecule has 1 saturated heterocycles. The minimum absolute atomic E-state index is 0.0489. The van der Waals surface area contributed by atoms with Gasteiger partial charge in [-0.25, -0.2) is 4.68 Å². The second-order valence-electron chi connectivity index (χ2n) is 8.65. The zero-order valence-corrected chi connectivity index (χ0v) is 19.4. The largest absolute Gasteiger partial charge is 0.339 e. The lowest BCUT2D eigenvalue weighted by molar-refractivity contribution is 0.0761. The van der Waals surface area contributed by atoms with Crippen LogP contribution in [0.3, 0.4) is 0 Å². The van der Waals surface area contributed by atoms with E-state index < -0.39 is 0 Å². The highest BCUT2D eigenvalue weighted by Gasteiger charge is 2.20. The average molecular weight is 466 g/mol. The molecular weight excluding hydrogens is 438 g/mol. The van der Waals surface area contributed by atoms with Crippen molar-refractivity contribution in [2.45, 2.75) is 25.7 Å². The molecule has 0 bridgehead atoms. The molecule has 1 N–H and O–H groups in total. The van der Waals surface area contributed by atoms with Crippen molar-refractivity contribution in [1.29, 1.82) is 0 Å². The van der Waals surface area contributed by atoms with E-state index in [1.165, 1.54) is 12.8 Å². The van der Waals surface area contributed by atoms with E-state index in [9.17, 15) is 9.59 Å². The smallest absolute Gasteiger partial charge is 0.259 e. The van der Waals surface area contributed by atoms with Gasteiger partial charge in [0.05, 0.1) is 11.3 Å². The van der Waals surface area contributed by atoms with Crippen LogP contribution in [0, 0.1) is 0 Å². The molecule has 7 nitrogen and oxygen atoms in total. The van der Waals surface area contributed by atoms with E-state index in [4.69, 9.17) is 0 Å². The first-order valence-electron chi connectivity index (χ1n) is 12.0. The van der Waals surface area contributed by atoms with Gasteiger partial charge in [-0.2, -0.15) is 5.10 Å². The normalized spacial score (nSPS) is 13.8.